The summed E-state index contributed by atoms with van der Waals surface area (Å²) in [5.74, 6) is 0. The number of β-amino-alcohol motifs (C(OH)–C–C–N with tert-alkyl or cyclic N) is 1. The minimum atomic E-state index is -0.523. The van der Waals surface area contributed by atoms with Gasteiger partial charge < -0.3 is 20.6 Å². The Kier molecular flexibility index (Phi) is 6.67. The summed E-state index contributed by atoms with van der Waals surface area (Å²) in [5.41, 5.74) is 0. The highest BCUT2D eigenvalue weighted by molar-refractivity contribution is 5.74. The van der Waals surface area contributed by atoms with Crippen LogP contribution in [0.1, 0.15) is 26.2 Å². The number of carbonyl (C=O) groups excluding carboxylic acids is 1. The van der Waals surface area contributed by atoms with Gasteiger partial charge in [0.15, 0.2) is 0 Å². The van der Waals surface area contributed by atoms with Crippen LogP contribution in [0.25, 0.3) is 0 Å². The molecule has 0 bridgehead atoms. The number of hydrogen-bond acceptors (Lipinski definition) is 4. The molecule has 0 saturated carbocycles. The largest absolute Gasteiger partial charge is 0.390 e. The van der Waals surface area contributed by atoms with Gasteiger partial charge in [-0.15, -0.1) is 0 Å². The smallest absolute Gasteiger partial charge is 0.315 e. The van der Waals surface area contributed by atoms with Crippen LogP contribution in [-0.4, -0.2) is 64.1 Å². The van der Waals surface area contributed by atoms with Gasteiger partial charge in [0.25, 0.3) is 0 Å². The first-order chi connectivity index (χ1) is 10.6. The number of aromatic nitrogens is 2. The first-order valence-electron chi connectivity index (χ1n) is 8.05. The highest BCUT2D eigenvalue weighted by atomic mass is 16.3. The van der Waals surface area contributed by atoms with Gasteiger partial charge in [0.05, 0.1) is 12.6 Å². The molecular weight excluding hydrogens is 282 g/mol. The number of nitrogens with one attached hydrogen (secondary N) is 2. The molecule has 1 aliphatic rings. The maximum absolute atomic E-state index is 11.8. The maximum Gasteiger partial charge on any atom is 0.315 e. The Morgan fingerprint density at radius 2 is 2.09 bits per heavy atom. The fourth-order valence-corrected chi connectivity index (χ4v) is 2.72. The second kappa shape index (κ2) is 8.75. The molecule has 1 aromatic rings. The molecule has 1 saturated heterocycles. The minimum absolute atomic E-state index is 0.0286. The number of piperidine rings is 1. The molecule has 0 unspecified atom stereocenters. The van der Waals surface area contributed by atoms with E-state index < -0.39 is 6.10 Å². The Bertz CT molecular complexity index is 431. The Hall–Kier alpha value is -1.60. The lowest BCUT2D eigenvalue weighted by molar-refractivity contribution is 0.101. The SMILES string of the molecule is C[C@@H](Cn1cccn1)NC(=O)NC[C@@H](O)CN1CCCCC1. The summed E-state index contributed by atoms with van der Waals surface area (Å²) in [5, 5.41) is 19.7. The van der Waals surface area contributed by atoms with Gasteiger partial charge in [-0.25, -0.2) is 4.79 Å². The normalized spacial score (nSPS) is 18.6. The van der Waals surface area contributed by atoms with Crippen LogP contribution in [0.2, 0.25) is 0 Å². The topological polar surface area (TPSA) is 82.4 Å². The molecular formula is C15H27N5O2. The molecule has 7 nitrogen and oxygen atoms in total. The van der Waals surface area contributed by atoms with Gasteiger partial charge in [0.1, 0.15) is 0 Å². The number of carbonyl (C=O) groups is 1. The van der Waals surface area contributed by atoms with E-state index in [4.69, 9.17) is 0 Å². The molecule has 0 radical (unpaired) electrons. The molecule has 22 heavy (non-hydrogen) atoms. The zero-order valence-electron chi connectivity index (χ0n) is 13.2. The molecule has 1 fully saturated rings. The van der Waals surface area contributed by atoms with Crippen LogP contribution in [0.15, 0.2) is 18.5 Å². The third-order valence-corrected chi connectivity index (χ3v) is 3.81. The first-order valence-corrected chi connectivity index (χ1v) is 8.05. The highest BCUT2D eigenvalue weighted by Crippen LogP contribution is 2.08. The number of aliphatic hydroxyl groups is 1. The number of likely N-dealkylation sites (tertiary alicyclic amines) is 1. The molecule has 2 atom stereocenters. The third-order valence-electron chi connectivity index (χ3n) is 3.81. The molecule has 124 valence electrons. The van der Waals surface area contributed by atoms with Crippen LogP contribution in [0.4, 0.5) is 4.79 Å². The van der Waals surface area contributed by atoms with Gasteiger partial charge in [-0.3, -0.25) is 4.68 Å². The minimum Gasteiger partial charge on any atom is -0.390 e. The van der Waals surface area contributed by atoms with E-state index in [0.717, 1.165) is 13.1 Å². The van der Waals surface area contributed by atoms with Crippen molar-refractivity contribution >= 4 is 6.03 Å². The van der Waals surface area contributed by atoms with E-state index in [-0.39, 0.29) is 18.6 Å². The molecule has 0 aliphatic carbocycles. The van der Waals surface area contributed by atoms with Crippen LogP contribution in [0, 0.1) is 0 Å². The lowest BCUT2D eigenvalue weighted by Gasteiger charge is -2.28. The number of rotatable bonds is 7. The summed E-state index contributed by atoms with van der Waals surface area (Å²) in [6.07, 6.45) is 6.73. The molecule has 0 spiro atoms. The first kappa shape index (κ1) is 16.8. The summed E-state index contributed by atoms with van der Waals surface area (Å²) in [4.78, 5) is 14.1. The number of amides is 2. The fourth-order valence-electron chi connectivity index (χ4n) is 2.72. The van der Waals surface area contributed by atoms with E-state index in [2.05, 4.69) is 20.6 Å². The zero-order valence-corrected chi connectivity index (χ0v) is 13.2. The molecule has 1 aromatic heterocycles. The molecule has 1 aliphatic heterocycles. The summed E-state index contributed by atoms with van der Waals surface area (Å²) < 4.78 is 1.77. The number of hydrogen-bond donors (Lipinski definition) is 3. The van der Waals surface area contributed by atoms with Gasteiger partial charge >= 0.3 is 6.03 Å². The van der Waals surface area contributed by atoms with Crippen molar-refractivity contribution in [1.82, 2.24) is 25.3 Å². The highest BCUT2D eigenvalue weighted by Gasteiger charge is 2.15. The standard InChI is InChI=1S/C15H27N5O2/c1-13(11-20-9-5-6-17-20)18-15(22)16-10-14(21)12-19-7-3-2-4-8-19/h5-6,9,13-14,21H,2-4,7-8,10-12H2,1H3,(H2,16,18,22)/t13-,14+/m0/s1. The van der Waals surface area contributed by atoms with Gasteiger partial charge in [-0.05, 0) is 38.9 Å². The average Bonchev–Trinajstić information content (AvgIpc) is 2.99. The Morgan fingerprint density at radius 1 is 1.32 bits per heavy atom. The lowest BCUT2D eigenvalue weighted by atomic mass is 10.1. The predicted molar refractivity (Wildman–Crippen MR) is 84.5 cm³/mol. The van der Waals surface area contributed by atoms with Crippen LogP contribution in [-0.2, 0) is 6.54 Å². The molecule has 7 heteroatoms. The van der Waals surface area contributed by atoms with Crippen molar-refractivity contribution in [3.8, 4) is 0 Å². The van der Waals surface area contributed by atoms with Gasteiger partial charge in [-0.2, -0.15) is 5.10 Å². The van der Waals surface area contributed by atoms with Crippen molar-refractivity contribution in [2.45, 2.75) is 44.9 Å². The van der Waals surface area contributed by atoms with Crippen LogP contribution >= 0.6 is 0 Å². The number of aliphatic hydroxyl groups excluding tert-OH is 1. The lowest BCUT2D eigenvalue weighted by Crippen LogP contribution is -2.47. The van der Waals surface area contributed by atoms with Gasteiger partial charge in [0, 0.05) is 31.5 Å². The van der Waals surface area contributed by atoms with Crippen LogP contribution in [0.5, 0.6) is 0 Å². The summed E-state index contributed by atoms with van der Waals surface area (Å²) in [6, 6.07) is 1.57. The Balaban J connectivity index is 1.59. The van der Waals surface area contributed by atoms with Crippen molar-refractivity contribution in [2.24, 2.45) is 0 Å². The molecule has 2 rings (SSSR count). The van der Waals surface area contributed by atoms with Gasteiger partial charge in [-0.1, -0.05) is 6.42 Å². The molecule has 3 N–H and O–H groups in total. The maximum atomic E-state index is 11.8. The van der Waals surface area contributed by atoms with E-state index in [1.807, 2.05) is 19.2 Å². The predicted octanol–water partition coefficient (Wildman–Crippen LogP) is 0.418. The number of urea groups is 1. The monoisotopic (exact) mass is 309 g/mol. The second-order valence-electron chi connectivity index (χ2n) is 6.00. The van der Waals surface area contributed by atoms with Crippen molar-refractivity contribution in [3.63, 3.8) is 0 Å². The third kappa shape index (κ3) is 6.03. The zero-order chi connectivity index (χ0) is 15.8. The van der Waals surface area contributed by atoms with Gasteiger partial charge in [0.2, 0.25) is 0 Å². The van der Waals surface area contributed by atoms with E-state index in [0.29, 0.717) is 13.1 Å². The van der Waals surface area contributed by atoms with Crippen LogP contribution < -0.4 is 10.6 Å². The van der Waals surface area contributed by atoms with Crippen LogP contribution in [0.3, 0.4) is 0 Å². The Morgan fingerprint density at radius 3 is 2.77 bits per heavy atom. The summed E-state index contributed by atoms with van der Waals surface area (Å²) in [6.45, 7) is 5.54. The van der Waals surface area contributed by atoms with Crippen molar-refractivity contribution in [2.75, 3.05) is 26.2 Å². The van der Waals surface area contributed by atoms with E-state index in [9.17, 15) is 9.90 Å². The van der Waals surface area contributed by atoms with E-state index >= 15 is 0 Å². The van der Waals surface area contributed by atoms with Crippen molar-refractivity contribution in [1.29, 1.82) is 0 Å². The average molecular weight is 309 g/mol. The Labute approximate surface area is 131 Å². The molecule has 0 aromatic carbocycles. The van der Waals surface area contributed by atoms with E-state index in [1.165, 1.54) is 19.3 Å². The quantitative estimate of drug-likeness (QED) is 0.682. The molecule has 2 heterocycles. The number of nitrogens with zero attached hydrogens (tertiary/aromatic N) is 3. The van der Waals surface area contributed by atoms with Crippen molar-refractivity contribution < 1.29 is 9.90 Å². The molecule has 2 amide bonds. The summed E-state index contributed by atoms with van der Waals surface area (Å²) in [7, 11) is 0. The van der Waals surface area contributed by atoms with E-state index in [1.54, 1.807) is 10.9 Å². The summed E-state index contributed by atoms with van der Waals surface area (Å²) >= 11 is 0. The fraction of sp³-hybridized carbons (Fsp3) is 0.733. The second-order valence-corrected chi connectivity index (χ2v) is 6.00. The van der Waals surface area contributed by atoms with Crippen molar-refractivity contribution in [3.05, 3.63) is 18.5 Å².